The van der Waals surface area contributed by atoms with E-state index >= 15 is 0 Å². The standard InChI is InChI=1S/C19H15NO4S/c21-17(22)10-9-14(11-12-5-7-13(8-6-12)19(23)24)18-20-15-3-1-2-4-16(15)25-18/h1-8,11H,9-10H2,(H,21,22)(H,23,24)/p-2/b14-11+. The molecule has 3 aromatic rings. The number of hydrogen-bond acceptors (Lipinski definition) is 6. The van der Waals surface area contributed by atoms with Crippen LogP contribution in [0.25, 0.3) is 21.9 Å². The number of thiazole rings is 1. The van der Waals surface area contributed by atoms with Crippen LogP contribution in [-0.4, -0.2) is 16.9 Å². The van der Waals surface area contributed by atoms with Crippen LogP contribution in [0.1, 0.15) is 33.8 Å². The van der Waals surface area contributed by atoms with Gasteiger partial charge in [0.15, 0.2) is 0 Å². The fraction of sp³-hybridized carbons (Fsp3) is 0.105. The van der Waals surface area contributed by atoms with Crippen molar-refractivity contribution < 1.29 is 19.8 Å². The molecule has 3 rings (SSSR count). The van der Waals surface area contributed by atoms with Gasteiger partial charge in [-0.05, 0) is 47.8 Å². The molecular formula is C19H13NO4S-2. The van der Waals surface area contributed by atoms with Crippen LogP contribution < -0.4 is 10.2 Å². The minimum atomic E-state index is -1.24. The third-order valence-electron chi connectivity index (χ3n) is 3.65. The smallest absolute Gasteiger partial charge is 0.120 e. The van der Waals surface area contributed by atoms with E-state index in [-0.39, 0.29) is 18.4 Å². The average Bonchev–Trinajstić information content (AvgIpc) is 3.02. The van der Waals surface area contributed by atoms with Crippen LogP contribution in [-0.2, 0) is 4.79 Å². The van der Waals surface area contributed by atoms with Crippen LogP contribution in [0.3, 0.4) is 0 Å². The molecule has 0 atom stereocenters. The molecule has 1 heterocycles. The van der Waals surface area contributed by atoms with Crippen molar-refractivity contribution in [2.45, 2.75) is 12.8 Å². The van der Waals surface area contributed by atoms with Gasteiger partial charge in [0.05, 0.1) is 16.2 Å². The Bertz CT molecular complexity index is 924. The monoisotopic (exact) mass is 351 g/mol. The van der Waals surface area contributed by atoms with Crippen molar-refractivity contribution in [2.24, 2.45) is 0 Å². The molecule has 5 nitrogen and oxygen atoms in total. The number of aromatic nitrogens is 1. The molecular weight excluding hydrogens is 338 g/mol. The quantitative estimate of drug-likeness (QED) is 0.674. The van der Waals surface area contributed by atoms with E-state index < -0.39 is 11.9 Å². The summed E-state index contributed by atoms with van der Waals surface area (Å²) in [5.74, 6) is -2.36. The number of para-hydroxylation sites is 1. The van der Waals surface area contributed by atoms with Crippen molar-refractivity contribution in [3.05, 3.63) is 64.7 Å². The van der Waals surface area contributed by atoms with Crippen molar-refractivity contribution in [3.8, 4) is 0 Å². The van der Waals surface area contributed by atoms with Crippen LogP contribution in [0, 0.1) is 0 Å². The first-order chi connectivity index (χ1) is 12.0. The fourth-order valence-corrected chi connectivity index (χ4v) is 3.41. The Labute approximate surface area is 147 Å². The van der Waals surface area contributed by atoms with E-state index in [1.54, 1.807) is 12.1 Å². The highest BCUT2D eigenvalue weighted by Crippen LogP contribution is 2.30. The number of carboxylic acid groups (broad SMARTS) is 2. The lowest BCUT2D eigenvalue weighted by Gasteiger charge is -2.07. The lowest BCUT2D eigenvalue weighted by atomic mass is 10.1. The van der Waals surface area contributed by atoms with E-state index in [2.05, 4.69) is 4.98 Å². The second-order valence-electron chi connectivity index (χ2n) is 5.44. The molecule has 0 radical (unpaired) electrons. The van der Waals surface area contributed by atoms with Crippen molar-refractivity contribution in [1.29, 1.82) is 0 Å². The molecule has 0 saturated carbocycles. The Morgan fingerprint density at radius 3 is 2.36 bits per heavy atom. The number of aromatic carboxylic acids is 1. The Morgan fingerprint density at radius 2 is 1.72 bits per heavy atom. The third-order valence-corrected chi connectivity index (χ3v) is 4.77. The number of benzene rings is 2. The summed E-state index contributed by atoms with van der Waals surface area (Å²) in [7, 11) is 0. The number of carbonyl (C=O) groups excluding carboxylic acids is 2. The molecule has 2 aromatic carbocycles. The SMILES string of the molecule is O=C([O-])CC/C(=C\c1ccc(C(=O)[O-])cc1)c1nc2ccccc2s1. The maximum atomic E-state index is 10.9. The summed E-state index contributed by atoms with van der Waals surface area (Å²) in [6.07, 6.45) is 1.99. The summed E-state index contributed by atoms with van der Waals surface area (Å²) in [6.45, 7) is 0. The van der Waals surface area contributed by atoms with Gasteiger partial charge in [0.2, 0.25) is 0 Å². The second-order valence-corrected chi connectivity index (χ2v) is 6.47. The minimum absolute atomic E-state index is 0.0911. The first kappa shape index (κ1) is 16.9. The highest BCUT2D eigenvalue weighted by atomic mass is 32.1. The van der Waals surface area contributed by atoms with Gasteiger partial charge < -0.3 is 19.8 Å². The van der Waals surface area contributed by atoms with Gasteiger partial charge in [0.25, 0.3) is 0 Å². The molecule has 0 bridgehead atoms. The van der Waals surface area contributed by atoms with E-state index in [9.17, 15) is 19.8 Å². The highest BCUT2D eigenvalue weighted by Gasteiger charge is 2.09. The van der Waals surface area contributed by atoms with Gasteiger partial charge in [-0.3, -0.25) is 0 Å². The number of allylic oxidation sites excluding steroid dienone is 1. The Morgan fingerprint density at radius 1 is 1.00 bits per heavy atom. The van der Waals surface area contributed by atoms with Gasteiger partial charge in [-0.15, -0.1) is 11.3 Å². The molecule has 0 aliphatic rings. The minimum Gasteiger partial charge on any atom is -0.550 e. The number of nitrogens with zero attached hydrogens (tertiary/aromatic N) is 1. The average molecular weight is 351 g/mol. The predicted molar refractivity (Wildman–Crippen MR) is 92.5 cm³/mol. The van der Waals surface area contributed by atoms with E-state index in [0.717, 1.165) is 26.4 Å². The molecule has 0 unspecified atom stereocenters. The lowest BCUT2D eigenvalue weighted by Crippen LogP contribution is -2.22. The van der Waals surface area contributed by atoms with E-state index in [0.29, 0.717) is 0 Å². The number of carboxylic acids is 2. The molecule has 6 heteroatoms. The fourth-order valence-electron chi connectivity index (χ4n) is 2.40. The lowest BCUT2D eigenvalue weighted by molar-refractivity contribution is -0.305. The maximum absolute atomic E-state index is 10.9. The van der Waals surface area contributed by atoms with Gasteiger partial charge in [-0.2, -0.15) is 0 Å². The number of rotatable bonds is 6. The van der Waals surface area contributed by atoms with Gasteiger partial charge in [0, 0.05) is 5.97 Å². The zero-order chi connectivity index (χ0) is 17.8. The maximum Gasteiger partial charge on any atom is 0.120 e. The van der Waals surface area contributed by atoms with Gasteiger partial charge in [-0.25, -0.2) is 4.98 Å². The van der Waals surface area contributed by atoms with Crippen LogP contribution >= 0.6 is 11.3 Å². The number of carbonyl (C=O) groups is 2. The first-order valence-corrected chi connectivity index (χ1v) is 8.42. The Balaban J connectivity index is 1.98. The van der Waals surface area contributed by atoms with Crippen LogP contribution in [0.15, 0.2) is 48.5 Å². The van der Waals surface area contributed by atoms with Gasteiger partial charge in [-0.1, -0.05) is 36.4 Å². The zero-order valence-corrected chi connectivity index (χ0v) is 13.9. The summed E-state index contributed by atoms with van der Waals surface area (Å²) in [5.41, 5.74) is 2.48. The Hall–Kier alpha value is -2.99. The number of aliphatic carboxylic acids is 1. The number of fused-ring (bicyclic) bond motifs is 1. The van der Waals surface area contributed by atoms with Crippen LogP contribution in [0.5, 0.6) is 0 Å². The van der Waals surface area contributed by atoms with Gasteiger partial charge in [0.1, 0.15) is 5.01 Å². The molecule has 0 N–H and O–H groups in total. The molecule has 1 aromatic heterocycles. The summed E-state index contributed by atoms with van der Waals surface area (Å²) in [6, 6.07) is 13.9. The Kier molecular flexibility index (Phi) is 4.90. The molecule has 0 aliphatic carbocycles. The second kappa shape index (κ2) is 7.27. The van der Waals surface area contributed by atoms with E-state index in [4.69, 9.17) is 0 Å². The normalized spacial score (nSPS) is 11.6. The summed E-state index contributed by atoms with van der Waals surface area (Å²) in [5, 5.41) is 22.4. The summed E-state index contributed by atoms with van der Waals surface area (Å²) in [4.78, 5) is 26.2. The molecule has 0 spiro atoms. The van der Waals surface area contributed by atoms with Crippen LogP contribution in [0.2, 0.25) is 0 Å². The molecule has 0 saturated heterocycles. The highest BCUT2D eigenvalue weighted by molar-refractivity contribution is 7.19. The van der Waals surface area contributed by atoms with Crippen molar-refractivity contribution in [2.75, 3.05) is 0 Å². The first-order valence-electron chi connectivity index (χ1n) is 7.61. The largest absolute Gasteiger partial charge is 0.550 e. The van der Waals surface area contributed by atoms with Crippen molar-refractivity contribution in [3.63, 3.8) is 0 Å². The zero-order valence-electron chi connectivity index (χ0n) is 13.1. The van der Waals surface area contributed by atoms with Crippen molar-refractivity contribution in [1.82, 2.24) is 4.98 Å². The van der Waals surface area contributed by atoms with E-state index in [1.165, 1.54) is 23.5 Å². The molecule has 25 heavy (non-hydrogen) atoms. The molecule has 0 aliphatic heterocycles. The van der Waals surface area contributed by atoms with Gasteiger partial charge >= 0.3 is 0 Å². The molecule has 0 amide bonds. The summed E-state index contributed by atoms with van der Waals surface area (Å²) < 4.78 is 1.02. The number of hydrogen-bond donors (Lipinski definition) is 0. The van der Waals surface area contributed by atoms with Crippen molar-refractivity contribution >= 4 is 45.1 Å². The summed E-state index contributed by atoms with van der Waals surface area (Å²) >= 11 is 1.49. The predicted octanol–water partition coefficient (Wildman–Crippen LogP) is 1.73. The van der Waals surface area contributed by atoms with Crippen LogP contribution in [0.4, 0.5) is 0 Å². The van der Waals surface area contributed by atoms with E-state index in [1.807, 2.05) is 30.3 Å². The molecule has 126 valence electrons. The topological polar surface area (TPSA) is 93.1 Å². The third kappa shape index (κ3) is 4.10. The molecule has 0 fully saturated rings.